The molecular weight excluding hydrogens is 645 g/mol. The number of anilines is 1. The van der Waals surface area contributed by atoms with E-state index >= 15 is 4.39 Å². The number of para-hydroxylation sites is 1. The Morgan fingerprint density at radius 3 is 2.05 bits per heavy atom. The Bertz CT molecular complexity index is 1660. The van der Waals surface area contributed by atoms with Gasteiger partial charge in [-0.15, -0.1) is 0 Å². The third kappa shape index (κ3) is 8.33. The number of nitrogens with one attached hydrogen (secondary N) is 1. The summed E-state index contributed by atoms with van der Waals surface area (Å²) in [7, 11) is -4.37. The Kier molecular flexibility index (Phi) is 11.3. The molecule has 0 radical (unpaired) electrons. The fourth-order valence-corrected chi connectivity index (χ4v) is 6.38. The minimum Gasteiger partial charge on any atom is -0.352 e. The second-order valence-corrected chi connectivity index (χ2v) is 13.2. The molecule has 0 fully saturated rings. The summed E-state index contributed by atoms with van der Waals surface area (Å²) in [4.78, 5) is 29.5. The van der Waals surface area contributed by atoms with Crippen LogP contribution in [0.15, 0.2) is 119 Å². The van der Waals surface area contributed by atoms with Gasteiger partial charge in [0.05, 0.1) is 10.6 Å². The van der Waals surface area contributed by atoms with Gasteiger partial charge >= 0.3 is 0 Å². The van der Waals surface area contributed by atoms with Gasteiger partial charge in [-0.05, 0) is 60.9 Å². The lowest BCUT2D eigenvalue weighted by atomic mass is 10.0. The van der Waals surface area contributed by atoms with Crippen LogP contribution in [0.25, 0.3) is 0 Å². The first-order valence-electron chi connectivity index (χ1n) is 14.3. The van der Waals surface area contributed by atoms with Gasteiger partial charge in [0.25, 0.3) is 10.0 Å². The summed E-state index contributed by atoms with van der Waals surface area (Å²) in [5.41, 5.74) is 1.30. The summed E-state index contributed by atoms with van der Waals surface area (Å²) < 4.78 is 44.6. The third-order valence-corrected chi connectivity index (χ3v) is 9.57. The van der Waals surface area contributed by atoms with Crippen molar-refractivity contribution in [2.45, 2.75) is 50.2 Å². The van der Waals surface area contributed by atoms with Crippen molar-refractivity contribution < 1.29 is 22.4 Å². The molecule has 0 unspecified atom stereocenters. The zero-order chi connectivity index (χ0) is 31.7. The number of halogens is 2. The second-order valence-electron chi connectivity index (χ2n) is 10.4. The molecule has 0 saturated carbocycles. The maximum absolute atomic E-state index is 15.2. The van der Waals surface area contributed by atoms with E-state index in [4.69, 9.17) is 0 Å². The monoisotopic (exact) mass is 679 g/mol. The highest BCUT2D eigenvalue weighted by Crippen LogP contribution is 2.27. The Morgan fingerprint density at radius 1 is 0.841 bits per heavy atom. The number of carbonyl (C=O) groups excluding carboxylic acids is 2. The third-order valence-electron chi connectivity index (χ3n) is 7.27. The van der Waals surface area contributed by atoms with Crippen molar-refractivity contribution in [3.05, 3.63) is 131 Å². The van der Waals surface area contributed by atoms with Crippen molar-refractivity contribution >= 4 is 43.5 Å². The number of hydrogen-bond acceptors (Lipinski definition) is 4. The fourth-order valence-electron chi connectivity index (χ4n) is 4.67. The maximum Gasteiger partial charge on any atom is 0.264 e. The van der Waals surface area contributed by atoms with E-state index in [-0.39, 0.29) is 35.5 Å². The number of amides is 2. The largest absolute Gasteiger partial charge is 0.352 e. The minimum absolute atomic E-state index is 0.0219. The topological polar surface area (TPSA) is 86.8 Å². The Balaban J connectivity index is 1.81. The second kappa shape index (κ2) is 15.1. The minimum atomic E-state index is -4.37. The summed E-state index contributed by atoms with van der Waals surface area (Å²) in [5.74, 6) is -1.82. The molecule has 0 aliphatic rings. The van der Waals surface area contributed by atoms with Crippen LogP contribution >= 0.6 is 15.9 Å². The molecule has 10 heteroatoms. The highest BCUT2D eigenvalue weighted by molar-refractivity contribution is 9.10. The van der Waals surface area contributed by atoms with Crippen LogP contribution in [-0.4, -0.2) is 43.8 Å². The van der Waals surface area contributed by atoms with Gasteiger partial charge in [-0.2, -0.15) is 0 Å². The van der Waals surface area contributed by atoms with Gasteiger partial charge in [0, 0.05) is 23.5 Å². The lowest BCUT2D eigenvalue weighted by molar-refractivity contribution is -0.140. The first-order chi connectivity index (χ1) is 21.1. The summed E-state index contributed by atoms with van der Waals surface area (Å²) >= 11 is 3.43. The van der Waals surface area contributed by atoms with Gasteiger partial charge in [0.2, 0.25) is 11.8 Å². The predicted molar refractivity (Wildman–Crippen MR) is 174 cm³/mol. The average molecular weight is 681 g/mol. The van der Waals surface area contributed by atoms with Gasteiger partial charge in [-0.3, -0.25) is 13.9 Å². The average Bonchev–Trinajstić information content (AvgIpc) is 3.03. The highest BCUT2D eigenvalue weighted by Gasteiger charge is 2.35. The van der Waals surface area contributed by atoms with Crippen LogP contribution in [0, 0.1) is 5.82 Å². The summed E-state index contributed by atoms with van der Waals surface area (Å²) in [6.45, 7) is 3.12. The van der Waals surface area contributed by atoms with Gasteiger partial charge in [0.15, 0.2) is 0 Å². The zero-order valence-electron chi connectivity index (χ0n) is 24.6. The van der Waals surface area contributed by atoms with Crippen molar-refractivity contribution in [2.75, 3.05) is 10.8 Å². The molecule has 2 atom stereocenters. The number of nitrogens with zero attached hydrogens (tertiary/aromatic N) is 2. The molecule has 0 aromatic heterocycles. The lowest BCUT2D eigenvalue weighted by Crippen LogP contribution is -2.54. The predicted octanol–water partition coefficient (Wildman–Crippen LogP) is 6.34. The standard InChI is InChI=1S/C34H35BrFN3O4S/c1-3-25(2)37-34(41)32(22-26-12-6-4-7-13-26)38(23-27-18-20-28(35)21-19-27)33(40)24-39(31-17-11-10-16-30(31)36)44(42,43)29-14-8-5-9-15-29/h4-21,25,32H,3,22-24H2,1-2H3,(H,37,41)/t25-,32+/m1/s1. The van der Waals surface area contributed by atoms with Crippen LogP contribution in [0.2, 0.25) is 0 Å². The van der Waals surface area contributed by atoms with Gasteiger partial charge in [-0.25, -0.2) is 12.8 Å². The van der Waals surface area contributed by atoms with E-state index in [1.165, 1.54) is 35.2 Å². The van der Waals surface area contributed by atoms with Crippen LogP contribution in [-0.2, 0) is 32.6 Å². The smallest absolute Gasteiger partial charge is 0.264 e. The van der Waals surface area contributed by atoms with Gasteiger partial charge in [0.1, 0.15) is 18.4 Å². The normalized spacial score (nSPS) is 12.6. The number of carbonyl (C=O) groups is 2. The molecular formula is C34H35BrFN3O4S. The number of benzene rings is 4. The molecule has 0 bridgehead atoms. The first kappa shape index (κ1) is 32.9. The molecule has 2 amide bonds. The molecule has 0 saturated heterocycles. The molecule has 0 spiro atoms. The quantitative estimate of drug-likeness (QED) is 0.179. The molecule has 0 aliphatic carbocycles. The van der Waals surface area contributed by atoms with E-state index in [0.717, 1.165) is 26.0 Å². The number of rotatable bonds is 13. The highest BCUT2D eigenvalue weighted by atomic mass is 79.9. The number of sulfonamides is 1. The van der Waals surface area contributed by atoms with Crippen molar-refractivity contribution in [2.24, 2.45) is 0 Å². The summed E-state index contributed by atoms with van der Waals surface area (Å²) in [5, 5.41) is 3.00. The Hall–Kier alpha value is -4.02. The Morgan fingerprint density at radius 2 is 1.43 bits per heavy atom. The fraction of sp³-hybridized carbons (Fsp3) is 0.235. The maximum atomic E-state index is 15.2. The molecule has 44 heavy (non-hydrogen) atoms. The van der Waals surface area contributed by atoms with Crippen LogP contribution in [0.3, 0.4) is 0 Å². The molecule has 4 aromatic rings. The van der Waals surface area contributed by atoms with Crippen molar-refractivity contribution in [1.29, 1.82) is 0 Å². The molecule has 7 nitrogen and oxygen atoms in total. The van der Waals surface area contributed by atoms with E-state index in [1.54, 1.807) is 18.2 Å². The van der Waals surface area contributed by atoms with E-state index in [1.807, 2.05) is 68.4 Å². The van der Waals surface area contributed by atoms with Crippen LogP contribution in [0.1, 0.15) is 31.4 Å². The van der Waals surface area contributed by atoms with Crippen LogP contribution in [0.5, 0.6) is 0 Å². The van der Waals surface area contributed by atoms with Gasteiger partial charge < -0.3 is 10.2 Å². The molecule has 0 heterocycles. The molecule has 230 valence electrons. The van der Waals surface area contributed by atoms with E-state index < -0.39 is 34.3 Å². The first-order valence-corrected chi connectivity index (χ1v) is 16.5. The summed E-state index contributed by atoms with van der Waals surface area (Å²) in [6, 6.07) is 28.5. The van der Waals surface area contributed by atoms with Crippen molar-refractivity contribution in [3.8, 4) is 0 Å². The van der Waals surface area contributed by atoms with Gasteiger partial charge in [-0.1, -0.05) is 95.7 Å². The van der Waals surface area contributed by atoms with Crippen molar-refractivity contribution in [3.63, 3.8) is 0 Å². The number of hydrogen-bond donors (Lipinski definition) is 1. The van der Waals surface area contributed by atoms with E-state index in [0.29, 0.717) is 6.42 Å². The van der Waals surface area contributed by atoms with Crippen LogP contribution < -0.4 is 9.62 Å². The Labute approximate surface area is 266 Å². The SMILES string of the molecule is CC[C@@H](C)NC(=O)[C@H](Cc1ccccc1)N(Cc1ccc(Br)cc1)C(=O)CN(c1ccccc1F)S(=O)(=O)c1ccccc1. The lowest BCUT2D eigenvalue weighted by Gasteiger charge is -2.34. The molecule has 1 N–H and O–H groups in total. The molecule has 4 rings (SSSR count). The van der Waals surface area contributed by atoms with E-state index in [9.17, 15) is 18.0 Å². The van der Waals surface area contributed by atoms with E-state index in [2.05, 4.69) is 21.2 Å². The molecule has 4 aromatic carbocycles. The van der Waals surface area contributed by atoms with Crippen LogP contribution in [0.4, 0.5) is 10.1 Å². The molecule has 0 aliphatic heterocycles. The summed E-state index contributed by atoms with van der Waals surface area (Å²) in [6.07, 6.45) is 0.872. The van der Waals surface area contributed by atoms with Crippen molar-refractivity contribution in [1.82, 2.24) is 10.2 Å². The zero-order valence-corrected chi connectivity index (χ0v) is 27.0.